The lowest BCUT2D eigenvalue weighted by molar-refractivity contribution is -0.166. The molecular formula is C20H30O4. The lowest BCUT2D eigenvalue weighted by atomic mass is 9.75. The highest BCUT2D eigenvalue weighted by Gasteiger charge is 2.50. The molecule has 0 aromatic heterocycles. The van der Waals surface area contributed by atoms with Crippen molar-refractivity contribution in [1.82, 2.24) is 0 Å². The summed E-state index contributed by atoms with van der Waals surface area (Å²) in [5.41, 5.74) is -0.733. The van der Waals surface area contributed by atoms with E-state index in [1.807, 2.05) is 32.0 Å². The first-order valence-corrected chi connectivity index (χ1v) is 8.89. The number of benzene rings is 1. The zero-order chi connectivity index (χ0) is 18.0. The van der Waals surface area contributed by atoms with Gasteiger partial charge in [0, 0.05) is 0 Å². The van der Waals surface area contributed by atoms with Crippen molar-refractivity contribution in [2.75, 3.05) is 13.2 Å². The Hall–Kier alpha value is -1.84. The van der Waals surface area contributed by atoms with Crippen LogP contribution in [-0.2, 0) is 24.5 Å². The SMILES string of the molecule is CCCOC(=O)C(CCC(C)C)(C(=O)OCCC)c1ccccc1. The maximum atomic E-state index is 12.9. The molecule has 0 unspecified atom stereocenters. The van der Waals surface area contributed by atoms with Crippen molar-refractivity contribution in [3.8, 4) is 0 Å². The van der Waals surface area contributed by atoms with Gasteiger partial charge in [-0.3, -0.25) is 9.59 Å². The third-order valence-corrected chi connectivity index (χ3v) is 3.93. The van der Waals surface area contributed by atoms with Crippen molar-refractivity contribution >= 4 is 11.9 Å². The van der Waals surface area contributed by atoms with Gasteiger partial charge in [-0.2, -0.15) is 0 Å². The van der Waals surface area contributed by atoms with Crippen LogP contribution in [0.1, 0.15) is 58.9 Å². The van der Waals surface area contributed by atoms with Gasteiger partial charge in [-0.05, 0) is 37.2 Å². The van der Waals surface area contributed by atoms with Gasteiger partial charge in [0.15, 0.2) is 5.41 Å². The molecule has 0 heterocycles. The topological polar surface area (TPSA) is 52.6 Å². The number of rotatable bonds is 10. The highest BCUT2D eigenvalue weighted by Crippen LogP contribution is 2.34. The standard InChI is InChI=1S/C20H30O4/c1-5-14-23-18(21)20(13-12-16(3)4,19(22)24-15-6-2)17-10-8-7-9-11-17/h7-11,16H,5-6,12-15H2,1-4H3. The highest BCUT2D eigenvalue weighted by molar-refractivity contribution is 6.06. The molecular weight excluding hydrogens is 304 g/mol. The molecule has 1 aromatic rings. The largest absolute Gasteiger partial charge is 0.465 e. The molecule has 0 aliphatic carbocycles. The molecule has 1 rings (SSSR count). The van der Waals surface area contributed by atoms with E-state index in [-0.39, 0.29) is 0 Å². The van der Waals surface area contributed by atoms with E-state index in [2.05, 4.69) is 13.8 Å². The van der Waals surface area contributed by atoms with Crippen molar-refractivity contribution in [2.24, 2.45) is 5.92 Å². The van der Waals surface area contributed by atoms with Crippen LogP contribution in [0.3, 0.4) is 0 Å². The smallest absolute Gasteiger partial charge is 0.328 e. The van der Waals surface area contributed by atoms with Crippen LogP contribution in [-0.4, -0.2) is 25.2 Å². The zero-order valence-electron chi connectivity index (χ0n) is 15.3. The summed E-state index contributed by atoms with van der Waals surface area (Å²) >= 11 is 0. The molecule has 0 atom stereocenters. The van der Waals surface area contributed by atoms with E-state index in [0.717, 1.165) is 6.42 Å². The van der Waals surface area contributed by atoms with Crippen LogP contribution in [0.25, 0.3) is 0 Å². The monoisotopic (exact) mass is 334 g/mol. The summed E-state index contributed by atoms with van der Waals surface area (Å²) in [6, 6.07) is 9.15. The van der Waals surface area contributed by atoms with Gasteiger partial charge in [0.25, 0.3) is 0 Å². The summed E-state index contributed by atoms with van der Waals surface area (Å²) < 4.78 is 10.8. The highest BCUT2D eigenvalue weighted by atomic mass is 16.6. The molecule has 0 radical (unpaired) electrons. The Kier molecular flexibility index (Phi) is 8.51. The maximum Gasteiger partial charge on any atom is 0.328 e. The second kappa shape index (κ2) is 10.1. The van der Waals surface area contributed by atoms with Gasteiger partial charge in [0.05, 0.1) is 13.2 Å². The van der Waals surface area contributed by atoms with Crippen molar-refractivity contribution in [3.63, 3.8) is 0 Å². The van der Waals surface area contributed by atoms with E-state index >= 15 is 0 Å². The number of hydrogen-bond donors (Lipinski definition) is 0. The first-order valence-electron chi connectivity index (χ1n) is 8.89. The lowest BCUT2D eigenvalue weighted by Gasteiger charge is -2.30. The molecule has 0 spiro atoms. The summed E-state index contributed by atoms with van der Waals surface area (Å²) in [6.07, 6.45) is 2.55. The van der Waals surface area contributed by atoms with E-state index in [1.54, 1.807) is 12.1 Å². The fourth-order valence-corrected chi connectivity index (χ4v) is 2.53. The Morgan fingerprint density at radius 2 is 1.46 bits per heavy atom. The maximum absolute atomic E-state index is 12.9. The first-order chi connectivity index (χ1) is 11.5. The minimum atomic E-state index is -1.38. The normalized spacial score (nSPS) is 11.4. The van der Waals surface area contributed by atoms with Gasteiger partial charge in [0.2, 0.25) is 0 Å². The molecule has 0 amide bonds. The van der Waals surface area contributed by atoms with Crippen LogP contribution < -0.4 is 0 Å². The third kappa shape index (κ3) is 5.08. The zero-order valence-corrected chi connectivity index (χ0v) is 15.3. The molecule has 1 aromatic carbocycles. The van der Waals surface area contributed by atoms with E-state index in [0.29, 0.717) is 44.0 Å². The van der Waals surface area contributed by atoms with Crippen LogP contribution in [0.4, 0.5) is 0 Å². The minimum absolute atomic E-state index is 0.302. The Morgan fingerprint density at radius 1 is 0.958 bits per heavy atom. The predicted molar refractivity (Wildman–Crippen MR) is 94.7 cm³/mol. The van der Waals surface area contributed by atoms with Gasteiger partial charge < -0.3 is 9.47 Å². The Balaban J connectivity index is 3.29. The second-order valence-electron chi connectivity index (χ2n) is 6.48. The minimum Gasteiger partial charge on any atom is -0.465 e. The number of carbonyl (C=O) groups is 2. The Morgan fingerprint density at radius 3 is 1.88 bits per heavy atom. The number of carbonyl (C=O) groups excluding carboxylic acids is 2. The first kappa shape index (κ1) is 20.2. The fraction of sp³-hybridized carbons (Fsp3) is 0.600. The summed E-state index contributed by atoms with van der Waals surface area (Å²) in [7, 11) is 0. The molecule has 0 fully saturated rings. The fourth-order valence-electron chi connectivity index (χ4n) is 2.53. The summed E-state index contributed by atoms with van der Waals surface area (Å²) in [6.45, 7) is 8.61. The molecule has 134 valence electrons. The van der Waals surface area contributed by atoms with Gasteiger partial charge in [-0.25, -0.2) is 0 Å². The molecule has 0 aliphatic rings. The molecule has 24 heavy (non-hydrogen) atoms. The van der Waals surface area contributed by atoms with Crippen LogP contribution in [0.15, 0.2) is 30.3 Å². The van der Waals surface area contributed by atoms with Crippen LogP contribution in [0.5, 0.6) is 0 Å². The van der Waals surface area contributed by atoms with Gasteiger partial charge in [-0.15, -0.1) is 0 Å². The number of ether oxygens (including phenoxy) is 2. The van der Waals surface area contributed by atoms with Gasteiger partial charge in [0.1, 0.15) is 0 Å². The third-order valence-electron chi connectivity index (χ3n) is 3.93. The Labute approximate surface area is 145 Å². The van der Waals surface area contributed by atoms with Gasteiger partial charge in [-0.1, -0.05) is 58.0 Å². The molecule has 0 N–H and O–H groups in total. The quantitative estimate of drug-likeness (QED) is 0.474. The summed E-state index contributed by atoms with van der Waals surface area (Å²) in [5, 5.41) is 0. The molecule has 0 aliphatic heterocycles. The van der Waals surface area contributed by atoms with E-state index in [4.69, 9.17) is 9.47 Å². The van der Waals surface area contributed by atoms with E-state index in [1.165, 1.54) is 0 Å². The van der Waals surface area contributed by atoms with Crippen molar-refractivity contribution in [3.05, 3.63) is 35.9 Å². The van der Waals surface area contributed by atoms with Gasteiger partial charge >= 0.3 is 11.9 Å². The van der Waals surface area contributed by atoms with Crippen LogP contribution in [0, 0.1) is 5.92 Å². The summed E-state index contributed by atoms with van der Waals surface area (Å²) in [5.74, 6) is -0.638. The van der Waals surface area contributed by atoms with E-state index < -0.39 is 17.4 Å². The average Bonchev–Trinajstić information content (AvgIpc) is 2.59. The molecule has 4 heteroatoms. The molecule has 0 saturated carbocycles. The molecule has 4 nitrogen and oxygen atoms in total. The second-order valence-corrected chi connectivity index (χ2v) is 6.48. The number of esters is 2. The van der Waals surface area contributed by atoms with Crippen LogP contribution >= 0.6 is 0 Å². The van der Waals surface area contributed by atoms with Crippen molar-refractivity contribution in [2.45, 2.75) is 58.8 Å². The van der Waals surface area contributed by atoms with Crippen LogP contribution in [0.2, 0.25) is 0 Å². The lowest BCUT2D eigenvalue weighted by Crippen LogP contribution is -2.46. The van der Waals surface area contributed by atoms with Crippen molar-refractivity contribution < 1.29 is 19.1 Å². The Bertz CT molecular complexity index is 488. The predicted octanol–water partition coefficient (Wildman–Crippen LogP) is 4.27. The van der Waals surface area contributed by atoms with E-state index in [9.17, 15) is 9.59 Å². The number of hydrogen-bond acceptors (Lipinski definition) is 4. The summed E-state index contributed by atoms with van der Waals surface area (Å²) in [4.78, 5) is 25.8. The van der Waals surface area contributed by atoms with Crippen molar-refractivity contribution in [1.29, 1.82) is 0 Å². The molecule has 0 bridgehead atoms. The molecule has 0 saturated heterocycles. The average molecular weight is 334 g/mol.